The number of carbonyl (C=O) groups excluding carboxylic acids is 1. The van der Waals surface area contributed by atoms with Gasteiger partial charge in [0.1, 0.15) is 12.0 Å². The van der Waals surface area contributed by atoms with Crippen LogP contribution in [0.3, 0.4) is 0 Å². The van der Waals surface area contributed by atoms with E-state index in [2.05, 4.69) is 35.5 Å². The zero-order chi connectivity index (χ0) is 18.8. The monoisotopic (exact) mass is 353 g/mol. The van der Waals surface area contributed by atoms with Gasteiger partial charge in [-0.3, -0.25) is 4.79 Å². The second-order valence-corrected chi connectivity index (χ2v) is 6.35. The summed E-state index contributed by atoms with van der Waals surface area (Å²) in [5.41, 5.74) is 4.87. The van der Waals surface area contributed by atoms with Gasteiger partial charge in [0, 0.05) is 45.0 Å². The molecule has 3 heteroatoms. The molecule has 0 spiro atoms. The summed E-state index contributed by atoms with van der Waals surface area (Å²) in [6.45, 7) is 3.00. The lowest BCUT2D eigenvalue weighted by Gasteiger charge is -2.02. The molecule has 0 fully saturated rings. The third-order valence-corrected chi connectivity index (χ3v) is 4.78. The third kappa shape index (κ3) is 3.07. The number of aryl methyl sites for hydroxylation is 1. The highest BCUT2D eigenvalue weighted by molar-refractivity contribution is 6.09. The molecule has 0 N–H and O–H groups in total. The van der Waals surface area contributed by atoms with Gasteiger partial charge in [0.15, 0.2) is 0 Å². The number of nitrogens with zero attached hydrogens (tertiary/aromatic N) is 1. The van der Waals surface area contributed by atoms with Crippen LogP contribution in [0.15, 0.2) is 60.7 Å². The van der Waals surface area contributed by atoms with E-state index in [1.54, 1.807) is 7.11 Å². The molecule has 132 valence electrons. The zero-order valence-corrected chi connectivity index (χ0v) is 15.3. The highest BCUT2D eigenvalue weighted by Gasteiger charge is 2.10. The Hall–Kier alpha value is -3.51. The predicted molar refractivity (Wildman–Crippen MR) is 109 cm³/mol. The van der Waals surface area contributed by atoms with Crippen molar-refractivity contribution in [2.75, 3.05) is 7.11 Å². The Kier molecular flexibility index (Phi) is 4.40. The van der Waals surface area contributed by atoms with Crippen LogP contribution >= 0.6 is 0 Å². The Labute approximate surface area is 158 Å². The molecule has 0 saturated carbocycles. The molecule has 0 amide bonds. The number of aldehydes is 1. The van der Waals surface area contributed by atoms with Gasteiger partial charge in [0.05, 0.1) is 7.11 Å². The Morgan fingerprint density at radius 2 is 1.52 bits per heavy atom. The Morgan fingerprint density at radius 3 is 2.19 bits per heavy atom. The third-order valence-electron chi connectivity index (χ3n) is 4.78. The molecule has 4 rings (SSSR count). The van der Waals surface area contributed by atoms with E-state index >= 15 is 0 Å². The Morgan fingerprint density at radius 1 is 0.889 bits per heavy atom. The molecule has 0 aliphatic heterocycles. The van der Waals surface area contributed by atoms with E-state index in [9.17, 15) is 4.79 Å². The molecule has 0 radical (unpaired) electrons. The fraction of sp³-hybridized carbons (Fsp3) is 0.125. The SMILES string of the molecule is CCn1c2ccc(C#Cc3ccc(OC)cc3)cc2c2cc(C=O)ccc21. The number of ether oxygens (including phenoxy) is 1. The molecule has 0 bridgehead atoms. The Bertz CT molecular complexity index is 1200. The van der Waals surface area contributed by atoms with Crippen molar-refractivity contribution in [1.82, 2.24) is 4.57 Å². The maximum Gasteiger partial charge on any atom is 0.150 e. The molecule has 1 heterocycles. The molecule has 0 aliphatic carbocycles. The molecule has 0 saturated heterocycles. The van der Waals surface area contributed by atoms with Gasteiger partial charge in [0.25, 0.3) is 0 Å². The molecular formula is C24H19NO2. The minimum atomic E-state index is 0.687. The number of methoxy groups -OCH3 is 1. The summed E-state index contributed by atoms with van der Waals surface area (Å²) in [5.74, 6) is 7.26. The number of hydrogen-bond acceptors (Lipinski definition) is 2. The van der Waals surface area contributed by atoms with E-state index in [1.807, 2.05) is 48.5 Å². The van der Waals surface area contributed by atoms with Crippen molar-refractivity contribution in [2.45, 2.75) is 13.5 Å². The summed E-state index contributed by atoms with van der Waals surface area (Å²) in [5, 5.41) is 2.21. The number of benzene rings is 3. The number of fused-ring (bicyclic) bond motifs is 3. The zero-order valence-electron chi connectivity index (χ0n) is 15.3. The van der Waals surface area contributed by atoms with Crippen molar-refractivity contribution >= 4 is 28.1 Å². The molecular weight excluding hydrogens is 334 g/mol. The van der Waals surface area contributed by atoms with Crippen LogP contribution in [0.1, 0.15) is 28.4 Å². The first-order chi connectivity index (χ1) is 13.2. The number of carbonyl (C=O) groups is 1. The maximum atomic E-state index is 11.2. The molecule has 0 atom stereocenters. The summed E-state index contributed by atoms with van der Waals surface area (Å²) in [6.07, 6.45) is 0.891. The molecule has 1 aromatic heterocycles. The van der Waals surface area contributed by atoms with E-state index < -0.39 is 0 Å². The largest absolute Gasteiger partial charge is 0.497 e. The minimum absolute atomic E-state index is 0.687. The van der Waals surface area contributed by atoms with Gasteiger partial charge in [-0.05, 0) is 67.6 Å². The summed E-state index contributed by atoms with van der Waals surface area (Å²) in [6, 6.07) is 19.8. The first kappa shape index (κ1) is 16.9. The number of rotatable bonds is 3. The van der Waals surface area contributed by atoms with Crippen molar-refractivity contribution in [1.29, 1.82) is 0 Å². The van der Waals surface area contributed by atoms with Crippen molar-refractivity contribution in [2.24, 2.45) is 0 Å². The van der Waals surface area contributed by atoms with Crippen LogP contribution in [0.5, 0.6) is 5.75 Å². The molecule has 27 heavy (non-hydrogen) atoms. The summed E-state index contributed by atoms with van der Waals surface area (Å²) in [7, 11) is 1.65. The van der Waals surface area contributed by atoms with E-state index in [1.165, 1.54) is 0 Å². The van der Waals surface area contributed by atoms with Crippen LogP contribution in [0, 0.1) is 11.8 Å². The first-order valence-electron chi connectivity index (χ1n) is 8.90. The van der Waals surface area contributed by atoms with Crippen molar-refractivity contribution in [3.8, 4) is 17.6 Å². The van der Waals surface area contributed by atoms with Crippen LogP contribution in [-0.4, -0.2) is 18.0 Å². The van der Waals surface area contributed by atoms with Gasteiger partial charge in [-0.2, -0.15) is 0 Å². The minimum Gasteiger partial charge on any atom is -0.497 e. The van der Waals surface area contributed by atoms with Gasteiger partial charge < -0.3 is 9.30 Å². The molecule has 0 aliphatic rings. The second-order valence-electron chi connectivity index (χ2n) is 6.35. The standard InChI is InChI=1S/C24H19NO2/c1-3-25-23-12-8-18(5-4-17-6-10-20(27-2)11-7-17)14-21(23)22-15-19(16-26)9-13-24(22)25/h6-16H,3H2,1-2H3. The topological polar surface area (TPSA) is 31.2 Å². The summed E-state index contributed by atoms with van der Waals surface area (Å²) in [4.78, 5) is 11.2. The smallest absolute Gasteiger partial charge is 0.150 e. The normalized spacial score (nSPS) is 10.6. The van der Waals surface area contributed by atoms with Crippen LogP contribution in [0.25, 0.3) is 21.8 Å². The lowest BCUT2D eigenvalue weighted by Crippen LogP contribution is -1.93. The lowest BCUT2D eigenvalue weighted by molar-refractivity contribution is 0.112. The van der Waals surface area contributed by atoms with E-state index in [0.29, 0.717) is 5.56 Å². The van der Waals surface area contributed by atoms with Gasteiger partial charge in [-0.1, -0.05) is 11.8 Å². The summed E-state index contributed by atoms with van der Waals surface area (Å²) >= 11 is 0. The highest BCUT2D eigenvalue weighted by atomic mass is 16.5. The average Bonchev–Trinajstić information content (AvgIpc) is 3.04. The van der Waals surface area contributed by atoms with Gasteiger partial charge >= 0.3 is 0 Å². The quantitative estimate of drug-likeness (QED) is 0.382. The molecule has 3 nitrogen and oxygen atoms in total. The fourth-order valence-electron chi connectivity index (χ4n) is 3.43. The number of aromatic nitrogens is 1. The van der Waals surface area contributed by atoms with Gasteiger partial charge in [0.2, 0.25) is 0 Å². The van der Waals surface area contributed by atoms with E-state index in [-0.39, 0.29) is 0 Å². The predicted octanol–water partition coefficient (Wildman–Crippen LogP) is 5.04. The molecule has 4 aromatic rings. The lowest BCUT2D eigenvalue weighted by atomic mass is 10.1. The van der Waals surface area contributed by atoms with Crippen LogP contribution < -0.4 is 4.74 Å². The first-order valence-corrected chi connectivity index (χ1v) is 8.90. The number of hydrogen-bond donors (Lipinski definition) is 0. The van der Waals surface area contributed by atoms with E-state index in [4.69, 9.17) is 4.74 Å². The average molecular weight is 353 g/mol. The molecule has 0 unspecified atom stereocenters. The summed E-state index contributed by atoms with van der Waals surface area (Å²) < 4.78 is 7.44. The van der Waals surface area contributed by atoms with Crippen LogP contribution in [0.4, 0.5) is 0 Å². The highest BCUT2D eigenvalue weighted by Crippen LogP contribution is 2.30. The van der Waals surface area contributed by atoms with Gasteiger partial charge in [-0.25, -0.2) is 0 Å². The fourth-order valence-corrected chi connectivity index (χ4v) is 3.43. The van der Waals surface area contributed by atoms with Gasteiger partial charge in [-0.15, -0.1) is 0 Å². The van der Waals surface area contributed by atoms with Crippen molar-refractivity contribution in [3.05, 3.63) is 77.4 Å². The molecule has 3 aromatic carbocycles. The maximum absolute atomic E-state index is 11.2. The van der Waals surface area contributed by atoms with Crippen molar-refractivity contribution < 1.29 is 9.53 Å². The second kappa shape index (κ2) is 7.01. The van der Waals surface area contributed by atoms with Crippen LogP contribution in [-0.2, 0) is 6.54 Å². The van der Waals surface area contributed by atoms with Crippen molar-refractivity contribution in [3.63, 3.8) is 0 Å². The Balaban J connectivity index is 1.82. The van der Waals surface area contributed by atoms with E-state index in [0.717, 1.165) is 51.5 Å². The van der Waals surface area contributed by atoms with Crippen LogP contribution in [0.2, 0.25) is 0 Å².